The van der Waals surface area contributed by atoms with E-state index in [-0.39, 0.29) is 11.3 Å². The molecule has 5 heteroatoms. The molecule has 4 nitrogen and oxygen atoms in total. The summed E-state index contributed by atoms with van der Waals surface area (Å²) in [5.74, 6) is 2.05. The Balaban J connectivity index is 2.46. The first kappa shape index (κ1) is 14.7. The highest BCUT2D eigenvalue weighted by molar-refractivity contribution is 7.99. The molecule has 1 rings (SSSR count). The first-order valence-corrected chi connectivity index (χ1v) is 6.73. The van der Waals surface area contributed by atoms with Crippen molar-refractivity contribution < 1.29 is 9.94 Å². The van der Waals surface area contributed by atoms with E-state index in [2.05, 4.69) is 5.16 Å². The second-order valence-electron chi connectivity index (χ2n) is 4.64. The zero-order valence-electron chi connectivity index (χ0n) is 11.0. The normalized spacial score (nSPS) is 12.5. The highest BCUT2D eigenvalue weighted by Crippen LogP contribution is 2.27. The van der Waals surface area contributed by atoms with E-state index in [1.54, 1.807) is 18.9 Å². The van der Waals surface area contributed by atoms with Crippen LogP contribution >= 0.6 is 11.8 Å². The van der Waals surface area contributed by atoms with Gasteiger partial charge in [-0.05, 0) is 36.4 Å². The van der Waals surface area contributed by atoms with Crippen LogP contribution in [0.1, 0.15) is 20.3 Å². The van der Waals surface area contributed by atoms with Crippen LogP contribution < -0.4 is 10.5 Å². The first-order valence-electron chi connectivity index (χ1n) is 5.74. The molecule has 0 spiro atoms. The molecular formula is C13H20N2O2S. The van der Waals surface area contributed by atoms with Crippen molar-refractivity contribution in [3.63, 3.8) is 0 Å². The maximum absolute atomic E-state index is 8.69. The molecular weight excluding hydrogens is 248 g/mol. The Bertz CT molecular complexity index is 402. The fourth-order valence-electron chi connectivity index (χ4n) is 1.36. The maximum atomic E-state index is 8.69. The Kier molecular flexibility index (Phi) is 5.34. The van der Waals surface area contributed by atoms with E-state index in [9.17, 15) is 0 Å². The number of nitrogens with two attached hydrogens (primary N) is 1. The minimum Gasteiger partial charge on any atom is -0.497 e. The summed E-state index contributed by atoms with van der Waals surface area (Å²) in [4.78, 5) is 1.19. The maximum Gasteiger partial charge on any atom is 0.144 e. The van der Waals surface area contributed by atoms with Crippen LogP contribution in [-0.4, -0.2) is 23.9 Å². The molecule has 0 aliphatic carbocycles. The van der Waals surface area contributed by atoms with Gasteiger partial charge in [-0.2, -0.15) is 0 Å². The van der Waals surface area contributed by atoms with Gasteiger partial charge in [-0.1, -0.05) is 19.0 Å². The van der Waals surface area contributed by atoms with E-state index >= 15 is 0 Å². The second kappa shape index (κ2) is 6.54. The average molecular weight is 268 g/mol. The molecule has 1 aromatic rings. The van der Waals surface area contributed by atoms with E-state index in [0.29, 0.717) is 0 Å². The number of methoxy groups -OCH3 is 1. The minimum absolute atomic E-state index is 0.276. The van der Waals surface area contributed by atoms with Crippen LogP contribution in [0.5, 0.6) is 5.75 Å². The van der Waals surface area contributed by atoms with Crippen molar-refractivity contribution in [3.05, 3.63) is 24.3 Å². The summed E-state index contributed by atoms with van der Waals surface area (Å²) in [6.45, 7) is 3.94. The van der Waals surface area contributed by atoms with Gasteiger partial charge in [0, 0.05) is 10.3 Å². The molecule has 1 aromatic carbocycles. The summed E-state index contributed by atoms with van der Waals surface area (Å²) < 4.78 is 5.10. The van der Waals surface area contributed by atoms with E-state index < -0.39 is 0 Å². The lowest BCUT2D eigenvalue weighted by atomic mass is 9.89. The molecule has 0 radical (unpaired) electrons. The number of hydrogen-bond acceptors (Lipinski definition) is 4. The molecule has 0 bridgehead atoms. The van der Waals surface area contributed by atoms with Gasteiger partial charge in [-0.3, -0.25) is 0 Å². The molecule has 0 unspecified atom stereocenters. The van der Waals surface area contributed by atoms with E-state index in [4.69, 9.17) is 15.7 Å². The number of ether oxygens (including phenoxy) is 1. The zero-order chi connectivity index (χ0) is 13.6. The SMILES string of the molecule is COc1ccc(SCCC(C)(C)C(N)=NO)cc1. The Hall–Kier alpha value is -1.36. The van der Waals surface area contributed by atoms with Crippen LogP contribution in [0, 0.1) is 5.41 Å². The molecule has 0 saturated heterocycles. The van der Waals surface area contributed by atoms with Gasteiger partial charge in [0.15, 0.2) is 0 Å². The quantitative estimate of drug-likeness (QED) is 0.274. The zero-order valence-corrected chi connectivity index (χ0v) is 11.8. The van der Waals surface area contributed by atoms with Gasteiger partial charge < -0.3 is 15.7 Å². The largest absolute Gasteiger partial charge is 0.497 e. The Labute approximate surface area is 112 Å². The van der Waals surface area contributed by atoms with Crippen LogP contribution in [0.25, 0.3) is 0 Å². The Morgan fingerprint density at radius 2 is 2.00 bits per heavy atom. The van der Waals surface area contributed by atoms with Crippen LogP contribution in [0.2, 0.25) is 0 Å². The third-order valence-electron chi connectivity index (χ3n) is 2.86. The lowest BCUT2D eigenvalue weighted by Crippen LogP contribution is -2.32. The standard InChI is InChI=1S/C13H20N2O2S/c1-13(2,12(14)15-16)8-9-18-11-6-4-10(17-3)5-7-11/h4-7,16H,8-9H2,1-3H3,(H2,14,15). The molecule has 18 heavy (non-hydrogen) atoms. The fraction of sp³-hybridized carbons (Fsp3) is 0.462. The average Bonchev–Trinajstić information content (AvgIpc) is 2.38. The predicted molar refractivity (Wildman–Crippen MR) is 75.5 cm³/mol. The summed E-state index contributed by atoms with van der Waals surface area (Å²) >= 11 is 1.75. The van der Waals surface area contributed by atoms with Crippen molar-refractivity contribution in [2.24, 2.45) is 16.3 Å². The van der Waals surface area contributed by atoms with Crippen molar-refractivity contribution in [2.45, 2.75) is 25.2 Å². The number of nitrogens with zero attached hydrogens (tertiary/aromatic N) is 1. The highest BCUT2D eigenvalue weighted by atomic mass is 32.2. The van der Waals surface area contributed by atoms with Gasteiger partial charge in [0.2, 0.25) is 0 Å². The van der Waals surface area contributed by atoms with Gasteiger partial charge in [0.05, 0.1) is 7.11 Å². The lowest BCUT2D eigenvalue weighted by molar-refractivity contribution is 0.307. The van der Waals surface area contributed by atoms with E-state index in [1.807, 2.05) is 38.1 Å². The number of rotatable bonds is 6. The van der Waals surface area contributed by atoms with E-state index in [1.165, 1.54) is 4.90 Å². The molecule has 0 aliphatic rings. The fourth-order valence-corrected chi connectivity index (χ4v) is 2.54. The molecule has 0 fully saturated rings. The molecule has 0 aromatic heterocycles. The smallest absolute Gasteiger partial charge is 0.144 e. The van der Waals surface area contributed by atoms with Crippen LogP contribution in [0.15, 0.2) is 34.3 Å². The number of thioether (sulfide) groups is 1. The summed E-state index contributed by atoms with van der Waals surface area (Å²) in [5.41, 5.74) is 5.36. The number of hydrogen-bond donors (Lipinski definition) is 2. The van der Waals surface area contributed by atoms with Crippen LogP contribution in [-0.2, 0) is 0 Å². The summed E-state index contributed by atoms with van der Waals surface area (Å²) in [7, 11) is 1.65. The predicted octanol–water partition coefficient (Wildman–Crippen LogP) is 2.95. The molecule has 0 saturated carbocycles. The van der Waals surface area contributed by atoms with Gasteiger partial charge in [-0.25, -0.2) is 0 Å². The van der Waals surface area contributed by atoms with E-state index in [0.717, 1.165) is 17.9 Å². The van der Waals surface area contributed by atoms with Gasteiger partial charge in [0.1, 0.15) is 11.6 Å². The van der Waals surface area contributed by atoms with Crippen molar-refractivity contribution in [1.29, 1.82) is 0 Å². The number of oxime groups is 1. The number of benzene rings is 1. The summed E-state index contributed by atoms with van der Waals surface area (Å²) in [6, 6.07) is 7.94. The second-order valence-corrected chi connectivity index (χ2v) is 5.81. The Morgan fingerprint density at radius 1 is 1.39 bits per heavy atom. The lowest BCUT2D eigenvalue weighted by Gasteiger charge is -2.22. The van der Waals surface area contributed by atoms with Crippen molar-refractivity contribution in [1.82, 2.24) is 0 Å². The van der Waals surface area contributed by atoms with Gasteiger partial charge in [0.25, 0.3) is 0 Å². The molecule has 100 valence electrons. The summed E-state index contributed by atoms with van der Waals surface area (Å²) in [5, 5.41) is 11.8. The number of amidine groups is 1. The van der Waals surface area contributed by atoms with Crippen molar-refractivity contribution in [2.75, 3.05) is 12.9 Å². The van der Waals surface area contributed by atoms with Gasteiger partial charge >= 0.3 is 0 Å². The molecule has 0 atom stereocenters. The summed E-state index contributed by atoms with van der Waals surface area (Å²) in [6.07, 6.45) is 0.847. The molecule has 0 heterocycles. The monoisotopic (exact) mass is 268 g/mol. The third-order valence-corrected chi connectivity index (χ3v) is 3.87. The minimum atomic E-state index is -0.284. The van der Waals surface area contributed by atoms with Crippen LogP contribution in [0.4, 0.5) is 0 Å². The molecule has 0 aliphatic heterocycles. The van der Waals surface area contributed by atoms with Crippen molar-refractivity contribution in [3.8, 4) is 5.75 Å². The first-order chi connectivity index (χ1) is 8.49. The molecule has 3 N–H and O–H groups in total. The topological polar surface area (TPSA) is 67.8 Å². The van der Waals surface area contributed by atoms with Crippen molar-refractivity contribution >= 4 is 17.6 Å². The van der Waals surface area contributed by atoms with Gasteiger partial charge in [-0.15, -0.1) is 11.8 Å². The molecule has 0 amide bonds. The Morgan fingerprint density at radius 3 is 2.50 bits per heavy atom. The highest BCUT2D eigenvalue weighted by Gasteiger charge is 2.22. The van der Waals surface area contributed by atoms with Crippen LogP contribution in [0.3, 0.4) is 0 Å². The third kappa shape index (κ3) is 4.14.